The van der Waals surface area contributed by atoms with Gasteiger partial charge in [-0.1, -0.05) is 4.52 Å². The maximum absolute atomic E-state index is 11.9. The van der Waals surface area contributed by atoms with Crippen molar-refractivity contribution in [1.82, 2.24) is 0 Å². The van der Waals surface area contributed by atoms with Gasteiger partial charge in [-0.15, -0.1) is 9.03 Å². The second-order valence-corrected chi connectivity index (χ2v) is 16.9. The lowest BCUT2D eigenvalue weighted by atomic mass is 10.1. The molecule has 0 aliphatic carbocycles. The molecule has 0 amide bonds. The molecule has 248 valence electrons. The third-order valence-corrected chi connectivity index (χ3v) is 14.4. The molecule has 0 radical (unpaired) electrons. The number of carbonyl (C=O) groups is 4. The van der Waals surface area contributed by atoms with Gasteiger partial charge in [0.25, 0.3) is 0 Å². The Morgan fingerprint density at radius 2 is 0.646 bits per heavy atom. The van der Waals surface area contributed by atoms with E-state index in [9.17, 15) is 19.2 Å². The first-order valence-corrected chi connectivity index (χ1v) is 19.3. The number of rotatable bonds is 12. The van der Waals surface area contributed by atoms with Crippen LogP contribution in [0.4, 0.5) is 0 Å². The lowest BCUT2D eigenvalue weighted by molar-refractivity contribution is 0.100. The van der Waals surface area contributed by atoms with Gasteiger partial charge in [0.2, 0.25) is 7.51 Å². The lowest BCUT2D eigenvalue weighted by Crippen LogP contribution is -2.12. The molecule has 0 atom stereocenters. The highest BCUT2D eigenvalue weighted by atomic mass is 31.3. The van der Waals surface area contributed by atoms with Gasteiger partial charge in [0, 0.05) is 22.3 Å². The van der Waals surface area contributed by atoms with Crippen LogP contribution in [0.5, 0.6) is 23.0 Å². The molecule has 13 nitrogen and oxygen atoms in total. The minimum Gasteiger partial charge on any atom is -0.413 e. The first-order chi connectivity index (χ1) is 22.7. The van der Waals surface area contributed by atoms with Crippen LogP contribution >= 0.6 is 22.8 Å². The number of nitrogens with two attached hydrogens (primary N) is 2. The second kappa shape index (κ2) is 13.8. The quantitative estimate of drug-likeness (QED) is 0.106. The zero-order valence-electron chi connectivity index (χ0n) is 26.3. The van der Waals surface area contributed by atoms with Crippen LogP contribution in [0.15, 0.2) is 111 Å². The molecule has 48 heavy (non-hydrogen) atoms. The zero-order chi connectivity index (χ0) is 34.7. The summed E-state index contributed by atoms with van der Waals surface area (Å²) < 4.78 is 39.5. The van der Waals surface area contributed by atoms with E-state index < -0.39 is 22.8 Å². The summed E-state index contributed by atoms with van der Waals surface area (Å²) in [6.07, 6.45) is 0. The zero-order valence-corrected chi connectivity index (χ0v) is 29.0. The maximum Gasteiger partial charge on any atom is 0.457 e. The molecule has 0 fully saturated rings. The van der Waals surface area contributed by atoms with Gasteiger partial charge >= 0.3 is 15.3 Å². The van der Waals surface area contributed by atoms with Crippen LogP contribution < -0.4 is 29.1 Å². The molecule has 4 aromatic carbocycles. The van der Waals surface area contributed by atoms with Crippen LogP contribution in [0.2, 0.25) is 0 Å². The van der Waals surface area contributed by atoms with Crippen LogP contribution in [0, 0.1) is 0 Å². The Labute approximate surface area is 277 Å². The van der Waals surface area contributed by atoms with Crippen LogP contribution in [0.3, 0.4) is 0 Å². The summed E-state index contributed by atoms with van der Waals surface area (Å²) in [5.74, 6) is 0.292. The highest BCUT2D eigenvalue weighted by molar-refractivity contribution is 7.80. The first kappa shape index (κ1) is 34.7. The predicted octanol–water partition coefficient (Wildman–Crippen LogP) is 8.88. The topological polar surface area (TPSA) is 194 Å². The summed E-state index contributed by atoms with van der Waals surface area (Å²) in [6.45, 7) is 5.75. The van der Waals surface area contributed by atoms with Crippen LogP contribution in [0.1, 0.15) is 69.1 Å². The van der Waals surface area contributed by atoms with Crippen LogP contribution in [0.25, 0.3) is 0 Å². The van der Waals surface area contributed by atoms with Gasteiger partial charge in [0.1, 0.15) is 23.0 Å². The van der Waals surface area contributed by atoms with Crippen molar-refractivity contribution in [2.24, 2.45) is 24.6 Å². The smallest absolute Gasteiger partial charge is 0.413 e. The molecule has 16 heteroatoms. The van der Waals surface area contributed by atoms with Gasteiger partial charge in [-0.05, 0) is 125 Å². The van der Waals surface area contributed by atoms with Gasteiger partial charge in [-0.3, -0.25) is 30.2 Å². The van der Waals surface area contributed by atoms with Gasteiger partial charge in [0.15, 0.2) is 23.1 Å². The molecule has 0 saturated heterocycles. The summed E-state index contributed by atoms with van der Waals surface area (Å²) in [4.78, 5) is 47.7. The standard InChI is InChI=1S/C32H32N5O8P3/c1-21(38)25-5-13-29(14-6-25)42-47(43-30-15-7-26(8-16-30)22(2)39)35-46(33,34)36-48(37-47,44-31-17-9-27(10-18-31)23(3)40)45-32-19-11-28(12-20-32)24(4)41/h5-20H,33-34H2,1-4H3. The minimum atomic E-state index is -4.00. The predicted molar refractivity (Wildman–Crippen MR) is 185 cm³/mol. The van der Waals surface area contributed by atoms with E-state index in [1.165, 1.54) is 27.7 Å². The molecular weight excluding hydrogens is 675 g/mol. The molecule has 0 bridgehead atoms. The van der Waals surface area contributed by atoms with E-state index in [0.717, 1.165) is 0 Å². The van der Waals surface area contributed by atoms with Crippen molar-refractivity contribution in [3.8, 4) is 23.0 Å². The molecule has 0 saturated carbocycles. The molecule has 1 aliphatic heterocycles. The number of Topliss-reactive ketones (excluding diaryl/α,β-unsaturated/α-hetero) is 4. The van der Waals surface area contributed by atoms with E-state index in [1.54, 1.807) is 97.1 Å². The van der Waals surface area contributed by atoms with Gasteiger partial charge < -0.3 is 18.1 Å². The number of hydrogen-bond acceptors (Lipinski definition) is 13. The SMILES string of the molecule is CC(=O)c1ccc(OP2(Oc3ccc(C(C)=O)cc3)=NP(N)(N)=NP(Oc3ccc(C(C)=O)cc3)(Oc3ccc(C(C)=O)cc3)=N2)cc1. The summed E-state index contributed by atoms with van der Waals surface area (Å²) in [5, 5.41) is 0. The fourth-order valence-electron chi connectivity index (χ4n) is 4.29. The van der Waals surface area contributed by atoms with Crippen molar-refractivity contribution in [1.29, 1.82) is 0 Å². The molecule has 1 heterocycles. The molecule has 1 aliphatic rings. The molecule has 4 aromatic rings. The van der Waals surface area contributed by atoms with Gasteiger partial charge in [-0.25, -0.2) is 0 Å². The average molecular weight is 708 g/mol. The van der Waals surface area contributed by atoms with Crippen molar-refractivity contribution in [2.75, 3.05) is 0 Å². The summed E-state index contributed by atoms with van der Waals surface area (Å²) in [5.41, 5.74) is 14.9. The van der Waals surface area contributed by atoms with Crippen LogP contribution in [-0.2, 0) is 0 Å². The highest BCUT2D eigenvalue weighted by Crippen LogP contribution is 2.74. The average Bonchev–Trinajstić information content (AvgIpc) is 3.01. The number of ketones is 4. The highest BCUT2D eigenvalue weighted by Gasteiger charge is 2.43. The number of hydrogen-bond donors (Lipinski definition) is 2. The van der Waals surface area contributed by atoms with Gasteiger partial charge in [0.05, 0.1) is 0 Å². The Balaban J connectivity index is 1.71. The van der Waals surface area contributed by atoms with Gasteiger partial charge in [-0.2, -0.15) is 0 Å². The Hall–Kier alpha value is -4.63. The number of benzene rings is 4. The Kier molecular flexibility index (Phi) is 10.0. The first-order valence-electron chi connectivity index (χ1n) is 14.4. The molecule has 5 rings (SSSR count). The Bertz CT molecular complexity index is 1820. The Morgan fingerprint density at radius 1 is 0.417 bits per heavy atom. The monoisotopic (exact) mass is 707 g/mol. The van der Waals surface area contributed by atoms with Crippen molar-refractivity contribution in [3.05, 3.63) is 119 Å². The third kappa shape index (κ3) is 8.44. The fourth-order valence-corrected chi connectivity index (χ4v) is 12.6. The fraction of sp³-hybridized carbons (Fsp3) is 0.125. The Morgan fingerprint density at radius 3 is 0.875 bits per heavy atom. The third-order valence-electron chi connectivity index (χ3n) is 6.68. The molecular formula is C32H32N5O8P3. The van der Waals surface area contributed by atoms with Crippen molar-refractivity contribution < 1.29 is 37.3 Å². The van der Waals surface area contributed by atoms with E-state index >= 15 is 0 Å². The summed E-state index contributed by atoms with van der Waals surface area (Å²) in [7, 11) is -11.7. The van der Waals surface area contributed by atoms with E-state index in [1.807, 2.05) is 0 Å². The van der Waals surface area contributed by atoms with E-state index in [0.29, 0.717) is 22.3 Å². The maximum atomic E-state index is 11.9. The molecule has 0 spiro atoms. The van der Waals surface area contributed by atoms with Crippen LogP contribution in [-0.4, -0.2) is 23.1 Å². The van der Waals surface area contributed by atoms with Crippen molar-refractivity contribution >= 4 is 46.0 Å². The number of carbonyl (C=O) groups excluding carboxylic acids is 4. The van der Waals surface area contributed by atoms with E-state index in [-0.39, 0.29) is 46.1 Å². The minimum absolute atomic E-state index is 0.147. The lowest BCUT2D eigenvalue weighted by Gasteiger charge is -2.31. The van der Waals surface area contributed by atoms with E-state index in [4.69, 9.17) is 33.6 Å². The molecule has 0 aromatic heterocycles. The second-order valence-electron chi connectivity index (χ2n) is 10.6. The number of nitrogens with zero attached hydrogens (tertiary/aromatic N) is 3. The molecule has 4 N–H and O–H groups in total. The summed E-state index contributed by atoms with van der Waals surface area (Å²) in [6, 6.07) is 24.9. The summed E-state index contributed by atoms with van der Waals surface area (Å²) >= 11 is 0. The van der Waals surface area contributed by atoms with E-state index in [2.05, 4.69) is 9.03 Å². The largest absolute Gasteiger partial charge is 0.457 e. The van der Waals surface area contributed by atoms with Crippen molar-refractivity contribution in [3.63, 3.8) is 0 Å². The normalized spacial score (nSPS) is 15.4. The van der Waals surface area contributed by atoms with Crippen molar-refractivity contribution in [2.45, 2.75) is 27.7 Å². The molecule has 0 unspecified atom stereocenters.